The van der Waals surface area contributed by atoms with Crippen LogP contribution >= 0.6 is 24.0 Å². The molecule has 2 aliphatic heterocycles. The van der Waals surface area contributed by atoms with Gasteiger partial charge in [0.25, 0.3) is 5.79 Å². The molecule has 0 spiro atoms. The number of benzene rings is 1. The van der Waals surface area contributed by atoms with Gasteiger partial charge in [0.05, 0.1) is 5.02 Å². The van der Waals surface area contributed by atoms with Crippen LogP contribution in [0.25, 0.3) is 0 Å². The van der Waals surface area contributed by atoms with Gasteiger partial charge in [0.15, 0.2) is 11.5 Å². The summed E-state index contributed by atoms with van der Waals surface area (Å²) in [5.41, 5.74) is 2.00. The third-order valence-electron chi connectivity index (χ3n) is 5.25. The fourth-order valence-electron chi connectivity index (χ4n) is 4.04. The van der Waals surface area contributed by atoms with Gasteiger partial charge in [-0.1, -0.05) is 23.7 Å². The highest BCUT2D eigenvalue weighted by atomic mass is 35.5. The molecular weight excluding hydrogens is 347 g/mol. The molecule has 2 aromatic rings. The van der Waals surface area contributed by atoms with E-state index < -0.39 is 5.79 Å². The quantitative estimate of drug-likeness (QED) is 0.881. The Balaban J connectivity index is 0.00000146. The Morgan fingerprint density at radius 1 is 1.17 bits per heavy atom. The summed E-state index contributed by atoms with van der Waals surface area (Å²) in [6.07, 6.45) is 1.62. The van der Waals surface area contributed by atoms with E-state index in [4.69, 9.17) is 21.1 Å². The van der Waals surface area contributed by atoms with Crippen molar-refractivity contribution in [3.05, 3.63) is 52.8 Å². The molecule has 5 rings (SSSR count). The van der Waals surface area contributed by atoms with Gasteiger partial charge < -0.3 is 14.8 Å². The second kappa shape index (κ2) is 5.51. The molecule has 24 heavy (non-hydrogen) atoms. The topological polar surface area (TPSA) is 43.4 Å². The lowest BCUT2D eigenvalue weighted by Crippen LogP contribution is -2.32. The van der Waals surface area contributed by atoms with Crippen molar-refractivity contribution in [2.24, 2.45) is 11.8 Å². The fraction of sp³-hybridized carbons (Fsp3) is 0.389. The number of ether oxygens (including phenoxy) is 2. The lowest BCUT2D eigenvalue weighted by atomic mass is 10.1. The number of hydrogen-bond acceptors (Lipinski definition) is 4. The zero-order valence-electron chi connectivity index (χ0n) is 13.2. The Labute approximate surface area is 151 Å². The number of fused-ring (bicyclic) bond motifs is 2. The van der Waals surface area contributed by atoms with Gasteiger partial charge in [0, 0.05) is 18.7 Å². The summed E-state index contributed by atoms with van der Waals surface area (Å²) < 4.78 is 12.4. The minimum Gasteiger partial charge on any atom is -0.443 e. The number of para-hydroxylation sites is 1. The van der Waals surface area contributed by atoms with Gasteiger partial charge in [-0.25, -0.2) is 0 Å². The van der Waals surface area contributed by atoms with E-state index in [9.17, 15) is 0 Å². The molecule has 3 aliphatic rings. The van der Waals surface area contributed by atoms with Crippen LogP contribution in [-0.4, -0.2) is 18.1 Å². The maximum Gasteiger partial charge on any atom is 0.292 e. The molecule has 0 bridgehead atoms. The van der Waals surface area contributed by atoms with E-state index >= 15 is 0 Å². The maximum atomic E-state index is 6.27. The largest absolute Gasteiger partial charge is 0.443 e. The molecule has 1 aliphatic carbocycles. The zero-order chi connectivity index (χ0) is 15.6. The monoisotopic (exact) mass is 364 g/mol. The van der Waals surface area contributed by atoms with Gasteiger partial charge in [-0.2, -0.15) is 0 Å². The molecule has 1 saturated heterocycles. The molecule has 1 N–H and O–H groups in total. The van der Waals surface area contributed by atoms with Crippen LogP contribution in [-0.2, 0) is 5.79 Å². The standard InChI is InChI=1S/C18H17ClN2O2.ClH/c1-18(15-6-5-10(19)7-21-15)22-14-4-2-3-11(17(14)23-18)16-12-8-20-9-13(12)16;/h2-7,12-13,16,20H,8-9H2,1H3;1H/t12-,13+,16?,18?;. The van der Waals surface area contributed by atoms with Crippen LogP contribution in [0, 0.1) is 11.8 Å². The molecule has 1 aromatic carbocycles. The SMILES string of the molecule is CC1(c2ccc(Cl)cn2)Oc2cccc(C3[C@H]4CNC[C@@H]34)c2O1.Cl. The van der Waals surface area contributed by atoms with Crippen LogP contribution in [0.4, 0.5) is 0 Å². The molecule has 3 heterocycles. The molecule has 4 nitrogen and oxygen atoms in total. The highest BCUT2D eigenvalue weighted by molar-refractivity contribution is 6.30. The molecule has 126 valence electrons. The summed E-state index contributed by atoms with van der Waals surface area (Å²) in [5, 5.41) is 4.05. The third-order valence-corrected chi connectivity index (χ3v) is 5.48. The summed E-state index contributed by atoms with van der Waals surface area (Å²) in [6, 6.07) is 9.86. The minimum absolute atomic E-state index is 0. The summed E-state index contributed by atoms with van der Waals surface area (Å²) in [6.45, 7) is 4.12. The summed E-state index contributed by atoms with van der Waals surface area (Å²) in [7, 11) is 0. The van der Waals surface area contributed by atoms with E-state index in [1.54, 1.807) is 6.20 Å². The van der Waals surface area contributed by atoms with E-state index in [1.165, 1.54) is 5.56 Å². The normalized spacial score (nSPS) is 32.2. The smallest absolute Gasteiger partial charge is 0.292 e. The van der Waals surface area contributed by atoms with Crippen LogP contribution in [0.1, 0.15) is 24.1 Å². The van der Waals surface area contributed by atoms with Gasteiger partial charge >= 0.3 is 0 Å². The van der Waals surface area contributed by atoms with Crippen LogP contribution in [0.3, 0.4) is 0 Å². The number of aromatic nitrogens is 1. The third kappa shape index (κ3) is 2.28. The number of piperidine rings is 1. The first kappa shape index (κ1) is 16.0. The number of hydrogen-bond donors (Lipinski definition) is 1. The fourth-order valence-corrected chi connectivity index (χ4v) is 4.15. The van der Waals surface area contributed by atoms with Crippen LogP contribution in [0.5, 0.6) is 11.5 Å². The molecule has 1 aromatic heterocycles. The number of pyridine rings is 1. The van der Waals surface area contributed by atoms with Crippen molar-refractivity contribution in [2.75, 3.05) is 13.1 Å². The molecular formula is C18H18Cl2N2O2. The Bertz CT molecular complexity index is 773. The Hall–Kier alpha value is -1.49. The van der Waals surface area contributed by atoms with Crippen molar-refractivity contribution >= 4 is 24.0 Å². The van der Waals surface area contributed by atoms with Gasteiger partial charge in [-0.3, -0.25) is 4.98 Å². The Morgan fingerprint density at radius 3 is 2.67 bits per heavy atom. The van der Waals surface area contributed by atoms with E-state index in [1.807, 2.05) is 25.1 Å². The van der Waals surface area contributed by atoms with Gasteiger partial charge in [0.1, 0.15) is 5.69 Å². The predicted molar refractivity (Wildman–Crippen MR) is 94.1 cm³/mol. The lowest BCUT2D eigenvalue weighted by Gasteiger charge is -2.22. The van der Waals surface area contributed by atoms with Gasteiger partial charge in [0.2, 0.25) is 0 Å². The van der Waals surface area contributed by atoms with E-state index in [0.717, 1.165) is 42.1 Å². The van der Waals surface area contributed by atoms with Crippen LogP contribution < -0.4 is 14.8 Å². The van der Waals surface area contributed by atoms with Crippen molar-refractivity contribution in [3.8, 4) is 11.5 Å². The summed E-state index contributed by atoms with van der Waals surface area (Å²) in [4.78, 5) is 4.37. The number of nitrogens with zero attached hydrogens (tertiary/aromatic N) is 1. The number of halogens is 2. The number of rotatable bonds is 2. The van der Waals surface area contributed by atoms with E-state index in [0.29, 0.717) is 10.9 Å². The van der Waals surface area contributed by atoms with E-state index in [-0.39, 0.29) is 12.4 Å². The first-order chi connectivity index (χ1) is 11.2. The van der Waals surface area contributed by atoms with Crippen molar-refractivity contribution in [1.82, 2.24) is 10.3 Å². The first-order valence-electron chi connectivity index (χ1n) is 7.99. The van der Waals surface area contributed by atoms with E-state index in [2.05, 4.69) is 22.4 Å². The minimum atomic E-state index is -0.898. The number of nitrogens with one attached hydrogen (secondary N) is 1. The van der Waals surface area contributed by atoms with Crippen LogP contribution in [0.15, 0.2) is 36.5 Å². The predicted octanol–water partition coefficient (Wildman–Crippen LogP) is 3.73. The lowest BCUT2D eigenvalue weighted by molar-refractivity contribution is -0.0721. The first-order valence-corrected chi connectivity index (χ1v) is 8.37. The summed E-state index contributed by atoms with van der Waals surface area (Å²) >= 11 is 5.93. The maximum absolute atomic E-state index is 6.27. The molecule has 4 atom stereocenters. The molecule has 2 fully saturated rings. The molecule has 0 radical (unpaired) electrons. The average molecular weight is 365 g/mol. The molecule has 1 saturated carbocycles. The highest BCUT2D eigenvalue weighted by Crippen LogP contribution is 2.60. The van der Waals surface area contributed by atoms with Crippen molar-refractivity contribution < 1.29 is 9.47 Å². The Kier molecular flexibility index (Phi) is 3.68. The zero-order valence-corrected chi connectivity index (χ0v) is 14.7. The summed E-state index contributed by atoms with van der Waals surface area (Å²) in [5.74, 6) is 2.86. The van der Waals surface area contributed by atoms with Crippen molar-refractivity contribution in [3.63, 3.8) is 0 Å². The molecule has 0 amide bonds. The molecule has 6 heteroatoms. The van der Waals surface area contributed by atoms with Crippen LogP contribution in [0.2, 0.25) is 5.02 Å². The second-order valence-electron chi connectivity index (χ2n) is 6.70. The molecule has 2 unspecified atom stereocenters. The highest BCUT2D eigenvalue weighted by Gasteiger charge is 2.55. The van der Waals surface area contributed by atoms with Crippen molar-refractivity contribution in [2.45, 2.75) is 18.6 Å². The van der Waals surface area contributed by atoms with Gasteiger partial charge in [-0.15, -0.1) is 12.4 Å². The van der Waals surface area contributed by atoms with Crippen molar-refractivity contribution in [1.29, 1.82) is 0 Å². The second-order valence-corrected chi connectivity index (χ2v) is 7.13. The Morgan fingerprint density at radius 2 is 1.96 bits per heavy atom. The average Bonchev–Trinajstić information content (AvgIpc) is 2.89. The van der Waals surface area contributed by atoms with Gasteiger partial charge in [-0.05, 0) is 49.0 Å².